The number of hydrogen-bond donors (Lipinski definition) is 2. The van der Waals surface area contributed by atoms with Crippen molar-refractivity contribution in [3.8, 4) is 0 Å². The quantitative estimate of drug-likeness (QED) is 0.806. The average Bonchev–Trinajstić information content (AvgIpc) is 2.40. The molecule has 0 aliphatic carbocycles. The Kier molecular flexibility index (Phi) is 5.97. The fraction of sp³-hybridized carbons (Fsp3) is 0.571. The molecule has 1 aromatic rings. The van der Waals surface area contributed by atoms with Crippen molar-refractivity contribution in [2.75, 3.05) is 6.54 Å². The first-order valence-electron chi connectivity index (χ1n) is 6.74. The van der Waals surface area contributed by atoms with Crippen molar-refractivity contribution in [1.29, 1.82) is 0 Å². The van der Waals surface area contributed by atoms with E-state index in [1.54, 1.807) is 19.1 Å². The number of rotatable bonds is 7. The Morgan fingerprint density at radius 2 is 1.89 bits per heavy atom. The van der Waals surface area contributed by atoms with Crippen LogP contribution in [0.5, 0.6) is 0 Å². The first-order chi connectivity index (χ1) is 8.96. The highest BCUT2D eigenvalue weighted by Crippen LogP contribution is 2.19. The Morgan fingerprint density at radius 3 is 2.42 bits per heavy atom. The largest absolute Gasteiger partial charge is 0.326 e. The zero-order valence-corrected chi connectivity index (χ0v) is 12.8. The van der Waals surface area contributed by atoms with Crippen LogP contribution < -0.4 is 10.5 Å². The Balaban J connectivity index is 2.95. The zero-order valence-electron chi connectivity index (χ0n) is 11.9. The molecule has 19 heavy (non-hydrogen) atoms. The summed E-state index contributed by atoms with van der Waals surface area (Å²) < 4.78 is 27.3. The fourth-order valence-electron chi connectivity index (χ4n) is 2.05. The van der Waals surface area contributed by atoms with Crippen LogP contribution in [0.1, 0.15) is 37.8 Å². The fourth-order valence-corrected chi connectivity index (χ4v) is 3.46. The molecule has 0 aromatic heterocycles. The number of sulfonamides is 1. The van der Waals surface area contributed by atoms with Crippen LogP contribution in [0.25, 0.3) is 0 Å². The topological polar surface area (TPSA) is 72.2 Å². The highest BCUT2D eigenvalue weighted by molar-refractivity contribution is 7.89. The minimum absolute atomic E-state index is 0.335. The first kappa shape index (κ1) is 16.1. The monoisotopic (exact) mass is 284 g/mol. The maximum absolute atomic E-state index is 12.3. The summed E-state index contributed by atoms with van der Waals surface area (Å²) in [5.41, 5.74) is 7.22. The van der Waals surface area contributed by atoms with E-state index in [1.807, 2.05) is 6.07 Å². The van der Waals surface area contributed by atoms with Crippen molar-refractivity contribution in [3.63, 3.8) is 0 Å². The molecule has 0 saturated carbocycles. The van der Waals surface area contributed by atoms with Gasteiger partial charge in [-0.15, -0.1) is 0 Å². The van der Waals surface area contributed by atoms with Crippen LogP contribution in [-0.2, 0) is 16.6 Å². The highest BCUT2D eigenvalue weighted by Gasteiger charge is 2.18. The van der Waals surface area contributed by atoms with Crippen LogP contribution in [0.2, 0.25) is 0 Å². The van der Waals surface area contributed by atoms with Gasteiger partial charge in [0.2, 0.25) is 10.0 Å². The molecule has 1 aromatic carbocycles. The number of nitrogens with one attached hydrogen (secondary N) is 1. The molecule has 0 heterocycles. The minimum atomic E-state index is -3.44. The van der Waals surface area contributed by atoms with Gasteiger partial charge in [-0.2, -0.15) is 0 Å². The van der Waals surface area contributed by atoms with Gasteiger partial charge in [0.25, 0.3) is 0 Å². The van der Waals surface area contributed by atoms with Crippen molar-refractivity contribution in [3.05, 3.63) is 29.3 Å². The lowest BCUT2D eigenvalue weighted by molar-refractivity contribution is 0.478. The number of nitrogens with two attached hydrogens (primary N) is 1. The van der Waals surface area contributed by atoms with Crippen molar-refractivity contribution >= 4 is 10.0 Å². The summed E-state index contributed by atoms with van der Waals surface area (Å²) in [5, 5.41) is 0. The molecule has 0 amide bonds. The molecule has 1 rings (SSSR count). The van der Waals surface area contributed by atoms with Gasteiger partial charge in [0, 0.05) is 13.1 Å². The first-order valence-corrected chi connectivity index (χ1v) is 8.22. The van der Waals surface area contributed by atoms with Crippen molar-refractivity contribution in [2.45, 2.75) is 45.1 Å². The molecule has 0 bridgehead atoms. The minimum Gasteiger partial charge on any atom is -0.326 e. The van der Waals surface area contributed by atoms with E-state index in [0.29, 0.717) is 23.9 Å². The van der Waals surface area contributed by atoms with E-state index in [2.05, 4.69) is 18.6 Å². The summed E-state index contributed by atoms with van der Waals surface area (Å²) in [6.45, 7) is 6.78. The Morgan fingerprint density at radius 1 is 1.26 bits per heavy atom. The summed E-state index contributed by atoms with van der Waals surface area (Å²) in [4.78, 5) is 0.335. The van der Waals surface area contributed by atoms with Gasteiger partial charge < -0.3 is 5.73 Å². The summed E-state index contributed by atoms with van der Waals surface area (Å²) >= 11 is 0. The van der Waals surface area contributed by atoms with Crippen molar-refractivity contribution < 1.29 is 8.42 Å². The van der Waals surface area contributed by atoms with E-state index in [0.717, 1.165) is 24.0 Å². The normalized spacial score (nSPS) is 12.1. The van der Waals surface area contributed by atoms with Crippen LogP contribution in [0.3, 0.4) is 0 Å². The summed E-state index contributed by atoms with van der Waals surface area (Å²) in [5.74, 6) is 0.382. The van der Waals surface area contributed by atoms with Gasteiger partial charge in [0.1, 0.15) is 0 Å². The highest BCUT2D eigenvalue weighted by atomic mass is 32.2. The molecule has 0 aliphatic heterocycles. The second-order valence-corrected chi connectivity index (χ2v) is 6.51. The third kappa shape index (κ3) is 4.03. The molecule has 0 aliphatic rings. The molecule has 3 N–H and O–H groups in total. The van der Waals surface area contributed by atoms with Crippen LogP contribution >= 0.6 is 0 Å². The number of hydrogen-bond acceptors (Lipinski definition) is 3. The lowest BCUT2D eigenvalue weighted by atomic mass is 10.0. The van der Waals surface area contributed by atoms with E-state index >= 15 is 0 Å². The SMILES string of the molecule is CCC(CC)CNS(=O)(=O)c1cccc(CN)c1C. The molecule has 5 heteroatoms. The number of benzene rings is 1. The Hall–Kier alpha value is -0.910. The zero-order chi connectivity index (χ0) is 14.5. The average molecular weight is 284 g/mol. The molecule has 0 spiro atoms. The Bertz CT molecular complexity index is 508. The third-order valence-electron chi connectivity index (χ3n) is 3.62. The van der Waals surface area contributed by atoms with Gasteiger partial charge in [-0.1, -0.05) is 38.8 Å². The van der Waals surface area contributed by atoms with Crippen LogP contribution in [-0.4, -0.2) is 15.0 Å². The molecular weight excluding hydrogens is 260 g/mol. The van der Waals surface area contributed by atoms with Gasteiger partial charge in [0.15, 0.2) is 0 Å². The van der Waals surface area contributed by atoms with Gasteiger partial charge in [-0.3, -0.25) is 0 Å². The van der Waals surface area contributed by atoms with Crippen molar-refractivity contribution in [2.24, 2.45) is 11.7 Å². The standard InChI is InChI=1S/C14H24N2O2S/c1-4-12(5-2)10-16-19(17,18)14-8-6-7-13(9-15)11(14)3/h6-8,12,16H,4-5,9-10,15H2,1-3H3. The molecule has 0 radical (unpaired) electrons. The van der Waals surface area contributed by atoms with Gasteiger partial charge in [-0.05, 0) is 30.0 Å². The van der Waals surface area contributed by atoms with Gasteiger partial charge in [-0.25, -0.2) is 13.1 Å². The van der Waals surface area contributed by atoms with E-state index < -0.39 is 10.0 Å². The lowest BCUT2D eigenvalue weighted by Gasteiger charge is -2.15. The second-order valence-electron chi connectivity index (χ2n) is 4.78. The molecule has 0 atom stereocenters. The molecule has 0 saturated heterocycles. The van der Waals surface area contributed by atoms with Crippen molar-refractivity contribution in [1.82, 2.24) is 4.72 Å². The van der Waals surface area contributed by atoms with E-state index in [1.165, 1.54) is 0 Å². The van der Waals surface area contributed by atoms with Crippen LogP contribution in [0, 0.1) is 12.8 Å². The summed E-state index contributed by atoms with van der Waals surface area (Å²) in [7, 11) is -3.44. The maximum Gasteiger partial charge on any atom is 0.240 e. The Labute approximate surface area is 116 Å². The van der Waals surface area contributed by atoms with E-state index in [4.69, 9.17) is 5.73 Å². The molecule has 0 fully saturated rings. The van der Waals surface area contributed by atoms with Gasteiger partial charge in [0.05, 0.1) is 4.90 Å². The predicted octanol–water partition coefficient (Wildman–Crippen LogP) is 2.17. The summed E-state index contributed by atoms with van der Waals surface area (Å²) in [6.07, 6.45) is 1.95. The van der Waals surface area contributed by atoms with Crippen LogP contribution in [0.15, 0.2) is 23.1 Å². The van der Waals surface area contributed by atoms with Crippen LogP contribution in [0.4, 0.5) is 0 Å². The molecule has 0 unspecified atom stereocenters. The van der Waals surface area contributed by atoms with E-state index in [-0.39, 0.29) is 0 Å². The molecular formula is C14H24N2O2S. The third-order valence-corrected chi connectivity index (χ3v) is 5.19. The molecule has 4 nitrogen and oxygen atoms in total. The second kappa shape index (κ2) is 7.03. The lowest BCUT2D eigenvalue weighted by Crippen LogP contribution is -2.29. The smallest absolute Gasteiger partial charge is 0.240 e. The predicted molar refractivity (Wildman–Crippen MR) is 78.3 cm³/mol. The van der Waals surface area contributed by atoms with E-state index in [9.17, 15) is 8.42 Å². The molecule has 108 valence electrons. The maximum atomic E-state index is 12.3. The summed E-state index contributed by atoms with van der Waals surface area (Å²) in [6, 6.07) is 5.22. The van der Waals surface area contributed by atoms with Gasteiger partial charge >= 0.3 is 0 Å².